The third-order valence-electron chi connectivity index (χ3n) is 1.19. The van der Waals surface area contributed by atoms with Crippen molar-refractivity contribution in [1.29, 1.82) is 0 Å². The van der Waals surface area contributed by atoms with Crippen LogP contribution in [0.3, 0.4) is 0 Å². The van der Waals surface area contributed by atoms with Gasteiger partial charge in [-0.2, -0.15) is 0 Å². The first-order valence-electron chi connectivity index (χ1n) is 3.36. The van der Waals surface area contributed by atoms with Crippen molar-refractivity contribution in [2.24, 2.45) is 0 Å². The fourth-order valence-electron chi connectivity index (χ4n) is 0.744. The minimum atomic E-state index is -0.952. The molecule has 0 saturated heterocycles. The number of nitrogens with zero attached hydrogens (tertiary/aromatic N) is 1. The van der Waals surface area contributed by atoms with E-state index >= 15 is 0 Å². The molecule has 12 heavy (non-hydrogen) atoms. The van der Waals surface area contributed by atoms with E-state index in [2.05, 4.69) is 0 Å². The number of hydrogen-bond acceptors (Lipinski definition) is 4. The van der Waals surface area contributed by atoms with E-state index < -0.39 is 5.97 Å². The first kappa shape index (κ1) is 14.6. The fraction of sp³-hybridized carbons (Fsp3) is 0.833. The topological polar surface area (TPSA) is 81.0 Å². The molecule has 0 amide bonds. The number of hydrogen-bond donors (Lipinski definition) is 3. The van der Waals surface area contributed by atoms with Crippen molar-refractivity contribution in [3.63, 3.8) is 0 Å². The van der Waals surface area contributed by atoms with Gasteiger partial charge in [0.25, 0.3) is 0 Å². The number of aliphatic carboxylic acids is 1. The predicted molar refractivity (Wildman–Crippen MR) is 38.2 cm³/mol. The summed E-state index contributed by atoms with van der Waals surface area (Å²) in [6.45, 7) is 0.251. The molecule has 0 atom stereocenters. The van der Waals surface area contributed by atoms with Crippen molar-refractivity contribution in [1.82, 2.24) is 4.90 Å². The Labute approximate surface area is 85.3 Å². The van der Waals surface area contributed by atoms with Gasteiger partial charge in [0.2, 0.25) is 0 Å². The van der Waals surface area contributed by atoms with E-state index in [1.165, 1.54) is 4.90 Å². The molecule has 0 aromatic heterocycles. The Morgan fingerprint density at radius 1 is 1.17 bits per heavy atom. The van der Waals surface area contributed by atoms with Crippen LogP contribution in [0.25, 0.3) is 0 Å². The molecule has 0 aliphatic heterocycles. The monoisotopic (exact) mass is 358 g/mol. The summed E-state index contributed by atoms with van der Waals surface area (Å²) in [5.41, 5.74) is 0. The number of carbonyl (C=O) groups is 1. The zero-order valence-electron chi connectivity index (χ0n) is 6.55. The molecular weight excluding hydrogens is 345 g/mol. The molecule has 0 unspecified atom stereocenters. The molecule has 0 aromatic carbocycles. The second-order valence-electron chi connectivity index (χ2n) is 2.12. The van der Waals surface area contributed by atoms with Crippen molar-refractivity contribution < 1.29 is 41.2 Å². The largest absolute Gasteiger partial charge is 0.480 e. The van der Waals surface area contributed by atoms with Gasteiger partial charge in [-0.25, -0.2) is 0 Å². The van der Waals surface area contributed by atoms with E-state index in [0.717, 1.165) is 0 Å². The van der Waals surface area contributed by atoms with E-state index in [1.54, 1.807) is 0 Å². The van der Waals surface area contributed by atoms with Crippen LogP contribution in [0, 0.1) is 0 Å². The molecule has 0 bridgehead atoms. The van der Waals surface area contributed by atoms with Gasteiger partial charge in [0.15, 0.2) is 0 Å². The average Bonchev–Trinajstić information content (AvgIpc) is 1.87. The fourth-order valence-corrected chi connectivity index (χ4v) is 0.744. The van der Waals surface area contributed by atoms with Gasteiger partial charge in [-0.05, 0) is 0 Å². The minimum absolute atomic E-state index is 0. The summed E-state index contributed by atoms with van der Waals surface area (Å²) in [6, 6.07) is 0. The van der Waals surface area contributed by atoms with Crippen LogP contribution >= 0.6 is 0 Å². The molecule has 3 N–H and O–H groups in total. The molecule has 0 spiro atoms. The van der Waals surface area contributed by atoms with Gasteiger partial charge in [-0.1, -0.05) is 0 Å². The molecule has 0 rings (SSSR count). The van der Waals surface area contributed by atoms with E-state index in [-0.39, 0.29) is 53.9 Å². The first-order valence-corrected chi connectivity index (χ1v) is 3.36. The molecular formula is C6H13NO4Pt. The third kappa shape index (κ3) is 8.14. The van der Waals surface area contributed by atoms with Gasteiger partial charge >= 0.3 is 5.97 Å². The molecule has 0 aliphatic rings. The Bertz CT molecular complexity index is 116. The first-order chi connectivity index (χ1) is 5.20. The number of carboxylic acids is 1. The number of aliphatic hydroxyl groups excluding tert-OH is 2. The molecule has 0 heterocycles. The van der Waals surface area contributed by atoms with Crippen molar-refractivity contribution >= 4 is 5.97 Å². The Kier molecular flexibility index (Phi) is 11.1. The Morgan fingerprint density at radius 3 is 1.83 bits per heavy atom. The summed E-state index contributed by atoms with van der Waals surface area (Å²) >= 11 is 0. The van der Waals surface area contributed by atoms with Crippen molar-refractivity contribution in [3.05, 3.63) is 0 Å². The van der Waals surface area contributed by atoms with Gasteiger partial charge in [0.05, 0.1) is 19.8 Å². The second kappa shape index (κ2) is 9.13. The quantitative estimate of drug-likeness (QED) is 0.531. The SMILES string of the molecule is O=C(O)CN(CCO)CCO.[Pt]. The van der Waals surface area contributed by atoms with Gasteiger partial charge < -0.3 is 15.3 Å². The van der Waals surface area contributed by atoms with E-state index in [0.29, 0.717) is 0 Å². The minimum Gasteiger partial charge on any atom is -0.480 e. The number of aliphatic hydroxyl groups is 2. The standard InChI is InChI=1S/C6H13NO4.Pt/c8-3-1-7(2-4-9)5-6(10)11;/h8-9H,1-5H2,(H,10,11);. The number of carboxylic acid groups (broad SMARTS) is 1. The molecule has 76 valence electrons. The average molecular weight is 358 g/mol. The smallest absolute Gasteiger partial charge is 0.317 e. The van der Waals surface area contributed by atoms with Crippen LogP contribution < -0.4 is 0 Å². The Balaban J connectivity index is 0. The van der Waals surface area contributed by atoms with Crippen molar-refractivity contribution in [3.8, 4) is 0 Å². The second-order valence-corrected chi connectivity index (χ2v) is 2.12. The maximum absolute atomic E-state index is 10.2. The maximum Gasteiger partial charge on any atom is 0.317 e. The van der Waals surface area contributed by atoms with E-state index in [9.17, 15) is 4.79 Å². The third-order valence-corrected chi connectivity index (χ3v) is 1.19. The molecule has 0 saturated carbocycles. The Hall–Kier alpha value is 0.0383. The summed E-state index contributed by atoms with van der Waals surface area (Å²) in [5, 5.41) is 25.3. The molecule has 0 aromatic rings. The molecule has 0 aliphatic carbocycles. The summed E-state index contributed by atoms with van der Waals surface area (Å²) in [4.78, 5) is 11.6. The van der Waals surface area contributed by atoms with Crippen LogP contribution in [-0.2, 0) is 25.9 Å². The van der Waals surface area contributed by atoms with Crippen molar-refractivity contribution in [2.75, 3.05) is 32.8 Å². The van der Waals surface area contributed by atoms with Gasteiger partial charge in [0, 0.05) is 34.2 Å². The summed E-state index contributed by atoms with van der Waals surface area (Å²) in [7, 11) is 0. The molecule has 0 fully saturated rings. The molecule has 6 heteroatoms. The van der Waals surface area contributed by atoms with E-state index in [4.69, 9.17) is 15.3 Å². The predicted octanol–water partition coefficient (Wildman–Crippen LogP) is -1.64. The molecule has 0 radical (unpaired) electrons. The van der Waals surface area contributed by atoms with Crippen LogP contribution in [0.4, 0.5) is 0 Å². The summed E-state index contributed by atoms with van der Waals surface area (Å²) in [5.74, 6) is -0.952. The van der Waals surface area contributed by atoms with Crippen LogP contribution in [-0.4, -0.2) is 59.0 Å². The normalized spacial score (nSPS) is 9.58. The maximum atomic E-state index is 10.2. The van der Waals surface area contributed by atoms with Crippen LogP contribution in [0.15, 0.2) is 0 Å². The van der Waals surface area contributed by atoms with E-state index in [1.807, 2.05) is 0 Å². The van der Waals surface area contributed by atoms with Gasteiger partial charge in [-0.3, -0.25) is 9.69 Å². The zero-order chi connectivity index (χ0) is 8.69. The Morgan fingerprint density at radius 2 is 1.58 bits per heavy atom. The zero-order valence-corrected chi connectivity index (χ0v) is 8.82. The van der Waals surface area contributed by atoms with Crippen LogP contribution in [0.1, 0.15) is 0 Å². The number of rotatable bonds is 6. The van der Waals surface area contributed by atoms with Crippen LogP contribution in [0.2, 0.25) is 0 Å². The van der Waals surface area contributed by atoms with Crippen LogP contribution in [0.5, 0.6) is 0 Å². The molecule has 5 nitrogen and oxygen atoms in total. The summed E-state index contributed by atoms with van der Waals surface area (Å²) < 4.78 is 0. The van der Waals surface area contributed by atoms with Crippen molar-refractivity contribution in [2.45, 2.75) is 0 Å². The van der Waals surface area contributed by atoms with Gasteiger partial charge in [-0.15, -0.1) is 0 Å². The van der Waals surface area contributed by atoms with Gasteiger partial charge in [0.1, 0.15) is 0 Å². The summed E-state index contributed by atoms with van der Waals surface area (Å²) in [6.07, 6.45) is 0.